The molecule has 130 valence electrons. The van der Waals surface area contributed by atoms with Crippen LogP contribution in [0.15, 0.2) is 24.4 Å². The highest BCUT2D eigenvalue weighted by molar-refractivity contribution is 6.04. The van der Waals surface area contributed by atoms with E-state index in [1.807, 2.05) is 6.92 Å². The van der Waals surface area contributed by atoms with Crippen molar-refractivity contribution in [2.24, 2.45) is 5.92 Å². The highest BCUT2D eigenvalue weighted by Gasteiger charge is 2.24. The van der Waals surface area contributed by atoms with Crippen LogP contribution in [0.25, 0.3) is 0 Å². The van der Waals surface area contributed by atoms with Crippen molar-refractivity contribution >= 4 is 17.6 Å². The summed E-state index contributed by atoms with van der Waals surface area (Å²) in [5.41, 5.74) is 1.58. The minimum absolute atomic E-state index is 0.0455. The molecule has 1 N–H and O–H groups in total. The fourth-order valence-electron chi connectivity index (χ4n) is 2.81. The van der Waals surface area contributed by atoms with E-state index in [-0.39, 0.29) is 23.6 Å². The molecule has 1 aromatic heterocycles. The summed E-state index contributed by atoms with van der Waals surface area (Å²) in [4.78, 5) is 32.9. The van der Waals surface area contributed by atoms with Crippen LogP contribution in [0.3, 0.4) is 0 Å². The molecule has 7 heteroatoms. The van der Waals surface area contributed by atoms with Crippen LogP contribution in [0.5, 0.6) is 11.5 Å². The third-order valence-corrected chi connectivity index (χ3v) is 4.08. The van der Waals surface area contributed by atoms with Crippen LogP contribution in [-0.2, 0) is 6.42 Å². The van der Waals surface area contributed by atoms with Crippen molar-refractivity contribution in [3.8, 4) is 11.5 Å². The van der Waals surface area contributed by atoms with Gasteiger partial charge in [-0.15, -0.1) is 0 Å². The number of nitrogens with zero attached hydrogens (tertiary/aromatic N) is 2. The van der Waals surface area contributed by atoms with Crippen molar-refractivity contribution in [1.82, 2.24) is 9.97 Å². The first-order valence-corrected chi connectivity index (χ1v) is 7.93. The molecule has 1 aliphatic carbocycles. The lowest BCUT2D eigenvalue weighted by Gasteiger charge is -2.19. The zero-order chi connectivity index (χ0) is 18.0. The number of ether oxygens (including phenoxy) is 2. The van der Waals surface area contributed by atoms with E-state index in [0.29, 0.717) is 41.2 Å². The predicted molar refractivity (Wildman–Crippen MR) is 91.3 cm³/mol. The quantitative estimate of drug-likeness (QED) is 0.919. The lowest BCUT2D eigenvalue weighted by Crippen LogP contribution is -2.22. The number of anilines is 1. The van der Waals surface area contributed by atoms with Gasteiger partial charge in [0.05, 0.1) is 25.5 Å². The Balaban J connectivity index is 1.84. The molecule has 1 heterocycles. The summed E-state index contributed by atoms with van der Waals surface area (Å²) in [5.74, 6) is 1.09. The molecule has 0 saturated carbocycles. The van der Waals surface area contributed by atoms with Gasteiger partial charge >= 0.3 is 0 Å². The number of rotatable bonds is 4. The van der Waals surface area contributed by atoms with Crippen LogP contribution in [0.2, 0.25) is 0 Å². The number of amides is 1. The summed E-state index contributed by atoms with van der Waals surface area (Å²) < 4.78 is 10.3. The van der Waals surface area contributed by atoms with E-state index in [1.165, 1.54) is 20.4 Å². The maximum absolute atomic E-state index is 12.5. The van der Waals surface area contributed by atoms with Crippen LogP contribution >= 0.6 is 0 Å². The van der Waals surface area contributed by atoms with E-state index < -0.39 is 0 Å². The summed E-state index contributed by atoms with van der Waals surface area (Å²) in [5, 5.41) is 2.66. The molecule has 0 radical (unpaired) electrons. The first-order valence-electron chi connectivity index (χ1n) is 7.93. The Morgan fingerprint density at radius 3 is 2.48 bits per heavy atom. The number of hydrogen-bond acceptors (Lipinski definition) is 6. The lowest BCUT2D eigenvalue weighted by atomic mass is 9.88. The molecule has 0 unspecified atom stereocenters. The zero-order valence-electron chi connectivity index (χ0n) is 14.3. The predicted octanol–water partition coefficient (Wildman–Crippen LogP) is 2.51. The number of aromatic nitrogens is 2. The second-order valence-corrected chi connectivity index (χ2v) is 6.05. The second-order valence-electron chi connectivity index (χ2n) is 6.05. The van der Waals surface area contributed by atoms with Gasteiger partial charge in [-0.2, -0.15) is 0 Å². The molecular weight excluding hydrogens is 322 g/mol. The highest BCUT2D eigenvalue weighted by Crippen LogP contribution is 2.25. The lowest BCUT2D eigenvalue weighted by molar-refractivity contribution is 0.0951. The maximum atomic E-state index is 12.5. The fraction of sp³-hybridized carbons (Fsp3) is 0.333. The van der Waals surface area contributed by atoms with Gasteiger partial charge in [-0.3, -0.25) is 14.9 Å². The Bertz CT molecular complexity index is 813. The number of ketones is 1. The van der Waals surface area contributed by atoms with E-state index in [0.717, 1.165) is 0 Å². The van der Waals surface area contributed by atoms with Crippen molar-refractivity contribution in [3.63, 3.8) is 0 Å². The van der Waals surface area contributed by atoms with Gasteiger partial charge in [0.1, 0.15) is 11.5 Å². The normalized spacial score (nSPS) is 16.1. The van der Waals surface area contributed by atoms with E-state index in [1.54, 1.807) is 18.2 Å². The number of carbonyl (C=O) groups is 2. The van der Waals surface area contributed by atoms with Gasteiger partial charge < -0.3 is 9.47 Å². The van der Waals surface area contributed by atoms with Crippen LogP contribution in [0, 0.1) is 5.92 Å². The zero-order valence-corrected chi connectivity index (χ0v) is 14.3. The molecule has 2 aromatic rings. The number of nitrogens with one attached hydrogen (secondary N) is 1. The summed E-state index contributed by atoms with van der Waals surface area (Å²) in [6.45, 7) is 2.00. The molecule has 1 amide bonds. The Labute approximate surface area is 145 Å². The number of carbonyl (C=O) groups excluding carboxylic acids is 2. The Hall–Kier alpha value is -2.96. The van der Waals surface area contributed by atoms with Gasteiger partial charge in [-0.05, 0) is 24.5 Å². The number of fused-ring (bicyclic) bond motifs is 1. The summed E-state index contributed by atoms with van der Waals surface area (Å²) >= 11 is 0. The molecule has 0 spiro atoms. The largest absolute Gasteiger partial charge is 0.497 e. The first-order chi connectivity index (χ1) is 12.0. The summed E-state index contributed by atoms with van der Waals surface area (Å²) in [6.07, 6.45) is 2.68. The van der Waals surface area contributed by atoms with Gasteiger partial charge in [0.25, 0.3) is 5.91 Å². The van der Waals surface area contributed by atoms with Crippen molar-refractivity contribution in [3.05, 3.63) is 41.2 Å². The Morgan fingerprint density at radius 1 is 1.16 bits per heavy atom. The van der Waals surface area contributed by atoms with Crippen LogP contribution in [0.1, 0.15) is 39.8 Å². The van der Waals surface area contributed by atoms with Crippen LogP contribution < -0.4 is 14.8 Å². The van der Waals surface area contributed by atoms with E-state index in [4.69, 9.17) is 9.47 Å². The average molecular weight is 341 g/mol. The number of methoxy groups -OCH3 is 2. The van der Waals surface area contributed by atoms with Gasteiger partial charge in [-0.25, -0.2) is 9.97 Å². The fourth-order valence-corrected chi connectivity index (χ4v) is 2.81. The molecule has 0 aliphatic heterocycles. The first kappa shape index (κ1) is 16.9. The highest BCUT2D eigenvalue weighted by atomic mass is 16.5. The van der Waals surface area contributed by atoms with Crippen molar-refractivity contribution in [2.45, 2.75) is 19.8 Å². The van der Waals surface area contributed by atoms with Crippen LogP contribution in [-0.4, -0.2) is 35.9 Å². The SMILES string of the molecule is COc1cc(OC)cc(C(=O)Nc2ncc3c(n2)C[C@H](C)CC3=O)c1. The van der Waals surface area contributed by atoms with Crippen molar-refractivity contribution in [1.29, 1.82) is 0 Å². The third kappa shape index (κ3) is 3.60. The maximum Gasteiger partial charge on any atom is 0.258 e. The number of hydrogen-bond donors (Lipinski definition) is 1. The standard InChI is InChI=1S/C18H19N3O4/c1-10-4-15-14(16(22)5-10)9-19-18(20-15)21-17(23)11-6-12(24-2)8-13(7-11)25-3/h6-10H,4-5H2,1-3H3,(H,19,20,21,23)/t10-/m0/s1. The smallest absolute Gasteiger partial charge is 0.258 e. The van der Waals surface area contributed by atoms with Gasteiger partial charge in [-0.1, -0.05) is 6.92 Å². The molecule has 1 aromatic carbocycles. The minimum atomic E-state index is -0.382. The molecule has 0 fully saturated rings. The van der Waals surface area contributed by atoms with Gasteiger partial charge in [0.15, 0.2) is 5.78 Å². The Morgan fingerprint density at radius 2 is 1.84 bits per heavy atom. The number of Topliss-reactive ketones (excluding diaryl/α,β-unsaturated/α-hetero) is 1. The van der Waals surface area contributed by atoms with E-state index >= 15 is 0 Å². The molecule has 3 rings (SSSR count). The monoisotopic (exact) mass is 341 g/mol. The second kappa shape index (κ2) is 6.88. The van der Waals surface area contributed by atoms with Gasteiger partial charge in [0, 0.05) is 24.2 Å². The van der Waals surface area contributed by atoms with Crippen molar-refractivity contribution in [2.75, 3.05) is 19.5 Å². The summed E-state index contributed by atoms with van der Waals surface area (Å²) in [7, 11) is 3.03. The molecule has 25 heavy (non-hydrogen) atoms. The molecule has 1 atom stereocenters. The van der Waals surface area contributed by atoms with Gasteiger partial charge in [0.2, 0.25) is 5.95 Å². The Kier molecular flexibility index (Phi) is 4.65. The molecule has 7 nitrogen and oxygen atoms in total. The minimum Gasteiger partial charge on any atom is -0.497 e. The third-order valence-electron chi connectivity index (χ3n) is 4.08. The molecule has 0 saturated heterocycles. The summed E-state index contributed by atoms with van der Waals surface area (Å²) in [6, 6.07) is 4.88. The van der Waals surface area contributed by atoms with E-state index in [2.05, 4.69) is 15.3 Å². The number of benzene rings is 1. The molecular formula is C18H19N3O4. The average Bonchev–Trinajstić information content (AvgIpc) is 2.60. The van der Waals surface area contributed by atoms with Crippen LogP contribution in [0.4, 0.5) is 5.95 Å². The molecule has 1 aliphatic rings. The van der Waals surface area contributed by atoms with Crippen molar-refractivity contribution < 1.29 is 19.1 Å². The van der Waals surface area contributed by atoms with E-state index in [9.17, 15) is 9.59 Å². The molecule has 0 bridgehead atoms. The topological polar surface area (TPSA) is 90.4 Å².